The Morgan fingerprint density at radius 1 is 1.21 bits per heavy atom. The zero-order chi connectivity index (χ0) is 22.5. The molecule has 2 saturated heterocycles. The van der Waals surface area contributed by atoms with Crippen molar-refractivity contribution in [2.75, 3.05) is 18.0 Å². The molecule has 0 unspecified atom stereocenters. The molecule has 7 nitrogen and oxygen atoms in total. The van der Waals surface area contributed by atoms with E-state index in [1.54, 1.807) is 11.1 Å². The molecular weight excluding hydrogens is 484 g/mol. The summed E-state index contributed by atoms with van der Waals surface area (Å²) in [4.78, 5) is 15.8. The van der Waals surface area contributed by atoms with E-state index in [0.29, 0.717) is 18.6 Å². The number of piperidine rings is 1. The minimum atomic E-state index is -0.491. The van der Waals surface area contributed by atoms with Gasteiger partial charge in [0.15, 0.2) is 0 Å². The average Bonchev–Trinajstić information content (AvgIpc) is 2.83. The van der Waals surface area contributed by atoms with Gasteiger partial charge in [-0.2, -0.15) is 5.10 Å². The summed E-state index contributed by atoms with van der Waals surface area (Å²) in [6, 6.07) is 0.214. The zero-order valence-electron chi connectivity index (χ0n) is 19.2. The fraction of sp³-hybridized carbons (Fsp3) is 0.800. The molecule has 29 heavy (non-hydrogen) atoms. The van der Waals surface area contributed by atoms with Crippen LogP contribution in [0.4, 0.5) is 4.79 Å². The Hall–Kier alpha value is -0.805. The fourth-order valence-electron chi connectivity index (χ4n) is 2.80. The summed E-state index contributed by atoms with van der Waals surface area (Å²) in [5.41, 5.74) is 2.56. The van der Waals surface area contributed by atoms with Crippen molar-refractivity contribution in [1.82, 2.24) is 10.3 Å². The van der Waals surface area contributed by atoms with E-state index in [4.69, 9.17) is 14.0 Å². The normalized spacial score (nSPS) is 21.6. The number of halogens is 1. The van der Waals surface area contributed by atoms with Crippen molar-refractivity contribution in [3.63, 3.8) is 0 Å². The summed E-state index contributed by atoms with van der Waals surface area (Å²) < 4.78 is 17.3. The number of hydrogen-bond donors (Lipinski definition) is 1. The summed E-state index contributed by atoms with van der Waals surface area (Å²) in [6.45, 7) is 19.0. The first-order chi connectivity index (χ1) is 13.3. The van der Waals surface area contributed by atoms with Crippen molar-refractivity contribution in [3.05, 3.63) is 12.1 Å². The maximum Gasteiger partial charge on any atom is 0.495 e. The van der Waals surface area contributed by atoms with Gasteiger partial charge >= 0.3 is 13.2 Å². The van der Waals surface area contributed by atoms with Crippen molar-refractivity contribution in [2.24, 2.45) is 5.10 Å². The number of hydrogen-bond acceptors (Lipinski definition) is 6. The van der Waals surface area contributed by atoms with E-state index in [1.807, 2.05) is 53.4 Å². The Balaban J connectivity index is 0.00000204. The largest absolute Gasteiger partial charge is 0.495 e. The highest BCUT2D eigenvalue weighted by Crippen LogP contribution is 2.37. The van der Waals surface area contributed by atoms with E-state index in [2.05, 4.69) is 39.7 Å². The SMILES string of the molecule is C=C(/C=N\NC1CCN(C(=O)OC(C)(C)C)CC1)B1OC(C)(C)C(C)(C)O1.CI. The highest BCUT2D eigenvalue weighted by atomic mass is 127. The highest BCUT2D eigenvalue weighted by molar-refractivity contribution is 14.1. The number of likely N-dealkylation sites (tertiary alicyclic amines) is 1. The van der Waals surface area contributed by atoms with Crippen LogP contribution >= 0.6 is 22.6 Å². The molecule has 0 aromatic rings. The van der Waals surface area contributed by atoms with Gasteiger partial charge in [-0.25, -0.2) is 4.79 Å². The first-order valence-corrected chi connectivity index (χ1v) is 12.2. The first kappa shape index (κ1) is 26.2. The number of ether oxygens (including phenoxy) is 1. The second kappa shape index (κ2) is 10.5. The smallest absolute Gasteiger partial charge is 0.444 e. The fourth-order valence-corrected chi connectivity index (χ4v) is 2.80. The highest BCUT2D eigenvalue weighted by Gasteiger charge is 2.51. The van der Waals surface area contributed by atoms with Crippen molar-refractivity contribution in [2.45, 2.75) is 84.2 Å². The molecule has 2 fully saturated rings. The maximum atomic E-state index is 12.1. The average molecular weight is 521 g/mol. The number of rotatable bonds is 4. The van der Waals surface area contributed by atoms with Gasteiger partial charge in [-0.15, -0.1) is 0 Å². The third-order valence-electron chi connectivity index (χ3n) is 5.19. The second-order valence-electron chi connectivity index (χ2n) is 9.29. The number of amides is 1. The van der Waals surface area contributed by atoms with Crippen LogP contribution in [0.2, 0.25) is 0 Å². The standard InChI is InChI=1S/C19H34BN3O4.CH3I/c1-14(20-26-18(5,6)19(7,8)27-20)13-21-22-15-9-11-23(12-10-15)16(24)25-17(2,3)4;1-2/h13,15,22H,1,9-12H2,2-8H3;1H3/b21-13-;. The van der Waals surface area contributed by atoms with Crippen LogP contribution in [0, 0.1) is 0 Å². The molecule has 0 saturated carbocycles. The van der Waals surface area contributed by atoms with Gasteiger partial charge in [0, 0.05) is 25.3 Å². The molecule has 166 valence electrons. The van der Waals surface area contributed by atoms with Gasteiger partial charge in [0.25, 0.3) is 0 Å². The molecule has 0 aliphatic carbocycles. The molecule has 2 heterocycles. The van der Waals surface area contributed by atoms with Crippen molar-refractivity contribution >= 4 is 42.0 Å². The van der Waals surface area contributed by atoms with Gasteiger partial charge < -0.3 is 24.4 Å². The molecular formula is C20H37BIN3O4. The summed E-state index contributed by atoms with van der Waals surface area (Å²) >= 11 is 2.15. The van der Waals surface area contributed by atoms with Crippen LogP contribution in [0.3, 0.4) is 0 Å². The molecule has 0 bridgehead atoms. The van der Waals surface area contributed by atoms with Crippen LogP contribution in [-0.2, 0) is 14.0 Å². The molecule has 2 rings (SSSR count). The number of carbonyl (C=O) groups is 1. The van der Waals surface area contributed by atoms with E-state index in [0.717, 1.165) is 12.8 Å². The van der Waals surface area contributed by atoms with Crippen LogP contribution in [0.1, 0.15) is 61.3 Å². The van der Waals surface area contributed by atoms with E-state index in [-0.39, 0.29) is 12.1 Å². The number of allylic oxidation sites excluding steroid dienone is 1. The minimum Gasteiger partial charge on any atom is -0.444 e. The quantitative estimate of drug-likeness (QED) is 0.198. The van der Waals surface area contributed by atoms with E-state index in [9.17, 15) is 4.79 Å². The minimum absolute atomic E-state index is 0.214. The Bertz CT molecular complexity index is 581. The van der Waals surface area contributed by atoms with Gasteiger partial charge in [-0.05, 0) is 71.7 Å². The molecule has 0 radical (unpaired) electrons. The molecule has 2 aliphatic heterocycles. The van der Waals surface area contributed by atoms with Crippen molar-refractivity contribution in [1.29, 1.82) is 0 Å². The molecule has 9 heteroatoms. The Morgan fingerprint density at radius 3 is 2.14 bits per heavy atom. The molecule has 0 aromatic heterocycles. The van der Waals surface area contributed by atoms with Crippen LogP contribution < -0.4 is 5.43 Å². The predicted octanol–water partition coefficient (Wildman–Crippen LogP) is 4.20. The first-order valence-electron chi connectivity index (χ1n) is 9.99. The summed E-state index contributed by atoms with van der Waals surface area (Å²) in [5.74, 6) is 0. The topological polar surface area (TPSA) is 72.4 Å². The molecule has 0 atom stereocenters. The van der Waals surface area contributed by atoms with Gasteiger partial charge in [0.2, 0.25) is 0 Å². The summed E-state index contributed by atoms with van der Waals surface area (Å²) in [7, 11) is -0.491. The summed E-state index contributed by atoms with van der Waals surface area (Å²) in [6.07, 6.45) is 3.04. The third-order valence-corrected chi connectivity index (χ3v) is 5.19. The van der Waals surface area contributed by atoms with Crippen molar-refractivity contribution < 1.29 is 18.8 Å². The Morgan fingerprint density at radius 2 is 1.69 bits per heavy atom. The number of hydrazone groups is 1. The van der Waals surface area contributed by atoms with Gasteiger partial charge in [-0.1, -0.05) is 29.2 Å². The van der Waals surface area contributed by atoms with Gasteiger partial charge in [0.1, 0.15) is 5.60 Å². The number of nitrogens with zero attached hydrogens (tertiary/aromatic N) is 2. The Kier molecular flexibility index (Phi) is 9.48. The molecule has 0 spiro atoms. The lowest BCUT2D eigenvalue weighted by atomic mass is 9.80. The number of nitrogens with one attached hydrogen (secondary N) is 1. The third kappa shape index (κ3) is 7.75. The zero-order valence-corrected chi connectivity index (χ0v) is 21.3. The van der Waals surface area contributed by atoms with E-state index >= 15 is 0 Å². The molecule has 0 aromatic carbocycles. The van der Waals surface area contributed by atoms with Crippen molar-refractivity contribution in [3.8, 4) is 0 Å². The van der Waals surface area contributed by atoms with Crippen LogP contribution in [0.25, 0.3) is 0 Å². The monoisotopic (exact) mass is 521 g/mol. The summed E-state index contributed by atoms with van der Waals surface area (Å²) in [5, 5.41) is 4.30. The maximum absolute atomic E-state index is 12.1. The van der Waals surface area contributed by atoms with Gasteiger partial charge in [-0.3, -0.25) is 0 Å². The van der Waals surface area contributed by atoms with E-state index in [1.165, 1.54) is 0 Å². The number of carbonyl (C=O) groups excluding carboxylic acids is 1. The van der Waals surface area contributed by atoms with Crippen LogP contribution in [0.15, 0.2) is 17.2 Å². The molecule has 1 N–H and O–H groups in total. The van der Waals surface area contributed by atoms with Crippen LogP contribution in [0.5, 0.6) is 0 Å². The van der Waals surface area contributed by atoms with Gasteiger partial charge in [0.05, 0.1) is 11.2 Å². The lowest BCUT2D eigenvalue weighted by Gasteiger charge is -2.33. The molecule has 2 aliphatic rings. The van der Waals surface area contributed by atoms with Crippen LogP contribution in [-0.4, -0.2) is 65.2 Å². The lowest BCUT2D eigenvalue weighted by molar-refractivity contribution is 0.00578. The van der Waals surface area contributed by atoms with E-state index < -0.39 is 23.9 Å². The Labute approximate surface area is 190 Å². The second-order valence-corrected chi connectivity index (χ2v) is 9.29. The molecule has 1 amide bonds. The lowest BCUT2D eigenvalue weighted by Crippen LogP contribution is -2.45. The number of alkyl halides is 1. The predicted molar refractivity (Wildman–Crippen MR) is 128 cm³/mol.